The van der Waals surface area contributed by atoms with Crippen molar-refractivity contribution in [1.29, 1.82) is 0 Å². The van der Waals surface area contributed by atoms with Crippen LogP contribution < -0.4 is 0 Å². The molecule has 3 aromatic heterocycles. The highest BCUT2D eigenvalue weighted by molar-refractivity contribution is 6.27. The van der Waals surface area contributed by atoms with Crippen molar-refractivity contribution in [2.45, 2.75) is 0 Å². The lowest BCUT2D eigenvalue weighted by Crippen LogP contribution is -2.01. The van der Waals surface area contributed by atoms with Gasteiger partial charge in [-0.2, -0.15) is 0 Å². The van der Waals surface area contributed by atoms with Gasteiger partial charge in [0.25, 0.3) is 0 Å². The van der Waals surface area contributed by atoms with Gasteiger partial charge in [-0.1, -0.05) is 194 Å². The van der Waals surface area contributed by atoms with Gasteiger partial charge in [-0.25, -0.2) is 19.9 Å². The minimum atomic E-state index is 0.614. The van der Waals surface area contributed by atoms with Gasteiger partial charge in [0.15, 0.2) is 17.5 Å². The Morgan fingerprint density at radius 1 is 0.269 bits per heavy atom. The molecule has 0 atom stereocenters. The third-order valence-corrected chi connectivity index (χ3v) is 12.9. The molecule has 67 heavy (non-hydrogen) atoms. The van der Waals surface area contributed by atoms with Crippen molar-refractivity contribution in [2.24, 2.45) is 0 Å². The first-order valence-electron chi connectivity index (χ1n) is 22.5. The Labute approximate surface area is 386 Å². The second-order valence-electron chi connectivity index (χ2n) is 16.9. The van der Waals surface area contributed by atoms with Crippen molar-refractivity contribution >= 4 is 54.4 Å². The van der Waals surface area contributed by atoms with Gasteiger partial charge in [-0.15, -0.1) is 0 Å². The zero-order chi connectivity index (χ0) is 44.3. The molecule has 0 amide bonds. The standard InChI is InChI=1S/C62H38N4O/c1-4-18-39(19-5-1)42-24-16-27-45(36-42)61-64-60(41-22-8-3-9-23-41)65-62(66-61)49-35-34-46(47-28-10-11-29-48(47)49)43-25-17-26-44(37-43)59-52-38-55-58(51-31-13-15-33-54(51)67-55)56(40-20-6-2-7-21-40)57(52)50-30-12-14-32-53(50)63-59/h1-38H. The number of nitrogens with zero attached hydrogens (tertiary/aromatic N) is 4. The van der Waals surface area contributed by atoms with Crippen molar-refractivity contribution in [2.75, 3.05) is 0 Å². The summed E-state index contributed by atoms with van der Waals surface area (Å²) in [6.45, 7) is 0. The highest BCUT2D eigenvalue weighted by Gasteiger charge is 2.22. The number of fused-ring (bicyclic) bond motifs is 7. The molecule has 0 aliphatic rings. The fraction of sp³-hybridized carbons (Fsp3) is 0. The first-order valence-corrected chi connectivity index (χ1v) is 22.5. The number of aromatic nitrogens is 4. The first kappa shape index (κ1) is 38.4. The lowest BCUT2D eigenvalue weighted by molar-refractivity contribution is 0.669. The highest BCUT2D eigenvalue weighted by atomic mass is 16.3. The van der Waals surface area contributed by atoms with Crippen LogP contribution in [0.1, 0.15) is 0 Å². The fourth-order valence-corrected chi connectivity index (χ4v) is 9.82. The van der Waals surface area contributed by atoms with Gasteiger partial charge in [0.1, 0.15) is 11.2 Å². The van der Waals surface area contributed by atoms with Crippen molar-refractivity contribution in [1.82, 2.24) is 19.9 Å². The van der Waals surface area contributed by atoms with Gasteiger partial charge >= 0.3 is 0 Å². The number of pyridine rings is 1. The van der Waals surface area contributed by atoms with E-state index in [0.717, 1.165) is 116 Å². The quantitative estimate of drug-likeness (QED) is 0.149. The fourth-order valence-electron chi connectivity index (χ4n) is 9.82. The molecule has 312 valence electrons. The topological polar surface area (TPSA) is 64.7 Å². The Morgan fingerprint density at radius 3 is 1.55 bits per heavy atom. The van der Waals surface area contributed by atoms with Crippen LogP contribution in [-0.2, 0) is 0 Å². The van der Waals surface area contributed by atoms with Crippen LogP contribution in [-0.4, -0.2) is 19.9 Å². The molecule has 0 N–H and O–H groups in total. The molecule has 0 fully saturated rings. The zero-order valence-corrected chi connectivity index (χ0v) is 36.1. The van der Waals surface area contributed by atoms with Gasteiger partial charge in [-0.05, 0) is 75.0 Å². The molecule has 13 aromatic rings. The van der Waals surface area contributed by atoms with Crippen molar-refractivity contribution in [3.05, 3.63) is 231 Å². The molecular weight excluding hydrogens is 817 g/mol. The van der Waals surface area contributed by atoms with E-state index < -0.39 is 0 Å². The minimum Gasteiger partial charge on any atom is -0.456 e. The predicted octanol–water partition coefficient (Wildman–Crippen LogP) is 16.3. The van der Waals surface area contributed by atoms with Crippen LogP contribution in [0.25, 0.3) is 133 Å². The van der Waals surface area contributed by atoms with Gasteiger partial charge in [0, 0.05) is 54.7 Å². The number of benzene rings is 10. The van der Waals surface area contributed by atoms with Crippen molar-refractivity contribution in [3.8, 4) is 78.8 Å². The van der Waals surface area contributed by atoms with E-state index in [1.807, 2.05) is 42.5 Å². The maximum atomic E-state index is 6.66. The summed E-state index contributed by atoms with van der Waals surface area (Å²) in [5, 5.41) is 7.65. The Balaban J connectivity index is 0.989. The van der Waals surface area contributed by atoms with E-state index in [1.165, 1.54) is 0 Å². The first-order chi connectivity index (χ1) is 33.2. The Hall–Kier alpha value is -9.06. The van der Waals surface area contributed by atoms with Gasteiger partial charge in [0.05, 0.1) is 11.2 Å². The summed E-state index contributed by atoms with van der Waals surface area (Å²) >= 11 is 0. The molecule has 0 aliphatic carbocycles. The van der Waals surface area contributed by atoms with E-state index in [4.69, 9.17) is 24.4 Å². The SMILES string of the molecule is c1ccc(-c2cccc(-c3nc(-c4ccccc4)nc(-c4ccc(-c5cccc(-c6nc7ccccc7c7c(-c8ccccc8)c8c(cc67)oc6ccccc68)c5)c5ccccc45)n3)c2)cc1. The monoisotopic (exact) mass is 854 g/mol. The molecule has 5 nitrogen and oxygen atoms in total. The smallest absolute Gasteiger partial charge is 0.164 e. The van der Waals surface area contributed by atoms with E-state index in [9.17, 15) is 0 Å². The lowest BCUT2D eigenvalue weighted by atomic mass is 9.89. The Kier molecular flexibility index (Phi) is 9.10. The van der Waals surface area contributed by atoms with Crippen LogP contribution in [0.5, 0.6) is 0 Å². The van der Waals surface area contributed by atoms with Crippen LogP contribution in [0.3, 0.4) is 0 Å². The van der Waals surface area contributed by atoms with Crippen LogP contribution >= 0.6 is 0 Å². The van der Waals surface area contributed by atoms with E-state index in [1.54, 1.807) is 0 Å². The summed E-state index contributed by atoms with van der Waals surface area (Å²) < 4.78 is 6.66. The van der Waals surface area contributed by atoms with Crippen LogP contribution in [0.2, 0.25) is 0 Å². The van der Waals surface area contributed by atoms with E-state index in [2.05, 4.69) is 188 Å². The molecular formula is C62H38N4O. The van der Waals surface area contributed by atoms with Crippen LogP contribution in [0.15, 0.2) is 235 Å². The average molecular weight is 855 g/mol. The maximum Gasteiger partial charge on any atom is 0.164 e. The van der Waals surface area contributed by atoms with Gasteiger partial charge in [0.2, 0.25) is 0 Å². The number of hydrogen-bond acceptors (Lipinski definition) is 5. The zero-order valence-electron chi connectivity index (χ0n) is 36.1. The molecule has 3 heterocycles. The molecule has 0 bridgehead atoms. The third-order valence-electron chi connectivity index (χ3n) is 12.9. The predicted molar refractivity (Wildman–Crippen MR) is 275 cm³/mol. The third kappa shape index (κ3) is 6.64. The second-order valence-corrected chi connectivity index (χ2v) is 16.9. The normalized spacial score (nSPS) is 11.6. The van der Waals surface area contributed by atoms with Crippen molar-refractivity contribution in [3.63, 3.8) is 0 Å². The van der Waals surface area contributed by atoms with Crippen LogP contribution in [0, 0.1) is 0 Å². The molecule has 0 spiro atoms. The highest BCUT2D eigenvalue weighted by Crippen LogP contribution is 2.47. The summed E-state index contributed by atoms with van der Waals surface area (Å²) in [5.41, 5.74) is 14.0. The molecule has 10 aromatic carbocycles. The summed E-state index contributed by atoms with van der Waals surface area (Å²) in [6, 6.07) is 80.4. The van der Waals surface area contributed by atoms with E-state index >= 15 is 0 Å². The van der Waals surface area contributed by atoms with Crippen LogP contribution in [0.4, 0.5) is 0 Å². The summed E-state index contributed by atoms with van der Waals surface area (Å²) in [5.74, 6) is 1.86. The van der Waals surface area contributed by atoms with Gasteiger partial charge in [-0.3, -0.25) is 0 Å². The molecule has 13 rings (SSSR count). The molecule has 0 saturated carbocycles. The molecule has 5 heteroatoms. The molecule has 0 saturated heterocycles. The number of furan rings is 1. The van der Waals surface area contributed by atoms with Gasteiger partial charge < -0.3 is 4.42 Å². The average Bonchev–Trinajstić information content (AvgIpc) is 3.78. The molecule has 0 aliphatic heterocycles. The largest absolute Gasteiger partial charge is 0.456 e. The van der Waals surface area contributed by atoms with Crippen molar-refractivity contribution < 1.29 is 4.42 Å². The Morgan fingerprint density at radius 2 is 0.791 bits per heavy atom. The maximum absolute atomic E-state index is 6.66. The number of para-hydroxylation sites is 2. The molecule has 0 unspecified atom stereocenters. The second kappa shape index (κ2) is 15.9. The number of hydrogen-bond donors (Lipinski definition) is 0. The Bertz CT molecular complexity index is 4030. The lowest BCUT2D eigenvalue weighted by Gasteiger charge is -2.16. The number of rotatable bonds is 7. The summed E-state index contributed by atoms with van der Waals surface area (Å²) in [6.07, 6.45) is 0. The van der Waals surface area contributed by atoms with E-state index in [0.29, 0.717) is 17.5 Å². The minimum absolute atomic E-state index is 0.614. The summed E-state index contributed by atoms with van der Waals surface area (Å²) in [4.78, 5) is 20.9. The van der Waals surface area contributed by atoms with E-state index in [-0.39, 0.29) is 0 Å². The molecule has 0 radical (unpaired) electrons. The summed E-state index contributed by atoms with van der Waals surface area (Å²) in [7, 11) is 0.